The third-order valence-electron chi connectivity index (χ3n) is 5.38. The largest absolute Gasteiger partial charge is 0.377 e. The third kappa shape index (κ3) is 2.01. The van der Waals surface area contributed by atoms with E-state index in [0.717, 1.165) is 18.7 Å². The number of fused-ring (bicyclic) bond motifs is 2. The Morgan fingerprint density at radius 1 is 1.39 bits per heavy atom. The van der Waals surface area contributed by atoms with E-state index in [0.29, 0.717) is 28.3 Å². The Morgan fingerprint density at radius 3 is 2.96 bits per heavy atom. The van der Waals surface area contributed by atoms with Crippen molar-refractivity contribution in [2.75, 3.05) is 6.61 Å². The summed E-state index contributed by atoms with van der Waals surface area (Å²) in [4.78, 5) is 17.2. The van der Waals surface area contributed by atoms with Gasteiger partial charge in [-0.3, -0.25) is 4.79 Å². The quantitative estimate of drug-likeness (QED) is 0.920. The van der Waals surface area contributed by atoms with Crippen molar-refractivity contribution in [1.29, 1.82) is 0 Å². The summed E-state index contributed by atoms with van der Waals surface area (Å²) in [6.07, 6.45) is 1.26. The van der Waals surface area contributed by atoms with Crippen LogP contribution in [-0.2, 0) is 4.74 Å². The summed E-state index contributed by atoms with van der Waals surface area (Å²) in [7, 11) is 0. The molecular formula is C17H21N3O3. The maximum Gasteiger partial charge on any atom is 0.258 e. The van der Waals surface area contributed by atoms with Crippen LogP contribution in [-0.4, -0.2) is 34.8 Å². The highest BCUT2D eigenvalue weighted by molar-refractivity contribution is 6.06. The third-order valence-corrected chi connectivity index (χ3v) is 5.38. The van der Waals surface area contributed by atoms with Crippen LogP contribution in [0.15, 0.2) is 10.6 Å². The molecule has 0 spiro atoms. The Balaban J connectivity index is 1.67. The van der Waals surface area contributed by atoms with Gasteiger partial charge < -0.3 is 14.6 Å². The standard InChI is InChI=1S/C17H21N3O3/c1-8-7-11(12-9(2)20-23-16(12)18-8)15(21)19-13-10-5-6-22-14(10)17(13,3)4/h7,10,13-14H,5-6H2,1-4H3,(H,19,21)/t10-,13+,14-/m0/s1. The van der Waals surface area contributed by atoms with Gasteiger partial charge in [-0.25, -0.2) is 4.98 Å². The number of carbonyl (C=O) groups excluding carboxylic acids is 1. The number of amides is 1. The number of hydrogen-bond donors (Lipinski definition) is 1. The molecule has 122 valence electrons. The predicted octanol–water partition coefficient (Wildman–Crippen LogP) is 2.38. The van der Waals surface area contributed by atoms with Crippen molar-refractivity contribution in [2.45, 2.75) is 46.3 Å². The van der Waals surface area contributed by atoms with Gasteiger partial charge in [-0.1, -0.05) is 19.0 Å². The van der Waals surface area contributed by atoms with Gasteiger partial charge in [0.1, 0.15) is 0 Å². The number of nitrogens with one attached hydrogen (secondary N) is 1. The Bertz CT molecular complexity index is 796. The summed E-state index contributed by atoms with van der Waals surface area (Å²) >= 11 is 0. The molecule has 1 saturated carbocycles. The molecule has 0 bridgehead atoms. The van der Waals surface area contributed by atoms with Crippen LogP contribution >= 0.6 is 0 Å². The van der Waals surface area contributed by atoms with E-state index >= 15 is 0 Å². The molecule has 3 atom stereocenters. The van der Waals surface area contributed by atoms with E-state index in [4.69, 9.17) is 9.26 Å². The zero-order chi connectivity index (χ0) is 16.4. The van der Waals surface area contributed by atoms with E-state index in [1.807, 2.05) is 13.8 Å². The first-order valence-electron chi connectivity index (χ1n) is 8.05. The molecule has 0 radical (unpaired) electrons. The van der Waals surface area contributed by atoms with E-state index in [1.54, 1.807) is 6.07 Å². The number of ether oxygens (including phenoxy) is 1. The highest BCUT2D eigenvalue weighted by Crippen LogP contribution is 2.52. The fourth-order valence-electron chi connectivity index (χ4n) is 4.23. The van der Waals surface area contributed by atoms with Gasteiger partial charge in [0.15, 0.2) is 0 Å². The molecule has 4 rings (SSSR count). The van der Waals surface area contributed by atoms with Gasteiger partial charge in [0, 0.05) is 29.7 Å². The Morgan fingerprint density at radius 2 is 2.17 bits per heavy atom. The number of aromatic nitrogens is 2. The molecule has 2 aliphatic rings. The zero-order valence-electron chi connectivity index (χ0n) is 13.8. The highest BCUT2D eigenvalue weighted by Gasteiger charge is 2.59. The van der Waals surface area contributed by atoms with E-state index in [2.05, 4.69) is 29.3 Å². The molecule has 0 aromatic carbocycles. The second kappa shape index (κ2) is 4.77. The summed E-state index contributed by atoms with van der Waals surface area (Å²) in [5.74, 6) is 0.325. The Hall–Kier alpha value is -1.95. The number of carbonyl (C=O) groups is 1. The lowest BCUT2D eigenvalue weighted by atomic mass is 9.57. The van der Waals surface area contributed by atoms with Crippen molar-refractivity contribution in [3.63, 3.8) is 0 Å². The van der Waals surface area contributed by atoms with Gasteiger partial charge in [0.05, 0.1) is 22.7 Å². The molecular weight excluding hydrogens is 294 g/mol. The summed E-state index contributed by atoms with van der Waals surface area (Å²) in [6, 6.07) is 1.93. The minimum Gasteiger partial charge on any atom is -0.377 e. The van der Waals surface area contributed by atoms with Crippen LogP contribution < -0.4 is 5.32 Å². The predicted molar refractivity (Wildman–Crippen MR) is 84.2 cm³/mol. The fraction of sp³-hybridized carbons (Fsp3) is 0.588. The number of nitrogens with zero attached hydrogens (tertiary/aromatic N) is 2. The molecule has 1 saturated heterocycles. The topological polar surface area (TPSA) is 77.2 Å². The maximum absolute atomic E-state index is 12.9. The lowest BCUT2D eigenvalue weighted by Gasteiger charge is -2.54. The fourth-order valence-corrected chi connectivity index (χ4v) is 4.23. The van der Waals surface area contributed by atoms with Gasteiger partial charge in [0.2, 0.25) is 0 Å². The Kier molecular flexibility index (Phi) is 3.04. The second-order valence-electron chi connectivity index (χ2n) is 7.28. The average molecular weight is 315 g/mol. The van der Waals surface area contributed by atoms with Crippen molar-refractivity contribution in [3.05, 3.63) is 23.0 Å². The van der Waals surface area contributed by atoms with Crippen molar-refractivity contribution in [1.82, 2.24) is 15.5 Å². The molecule has 1 amide bonds. The molecule has 6 nitrogen and oxygen atoms in total. The lowest BCUT2D eigenvalue weighted by molar-refractivity contribution is -0.108. The van der Waals surface area contributed by atoms with Crippen LogP contribution in [0, 0.1) is 25.2 Å². The van der Waals surface area contributed by atoms with Crippen molar-refractivity contribution >= 4 is 17.0 Å². The number of pyridine rings is 1. The summed E-state index contributed by atoms with van der Waals surface area (Å²) in [5, 5.41) is 7.85. The van der Waals surface area contributed by atoms with Gasteiger partial charge >= 0.3 is 0 Å². The molecule has 23 heavy (non-hydrogen) atoms. The van der Waals surface area contributed by atoms with Gasteiger partial charge in [-0.05, 0) is 26.3 Å². The summed E-state index contributed by atoms with van der Waals surface area (Å²) in [6.45, 7) is 8.77. The van der Waals surface area contributed by atoms with Gasteiger partial charge in [-0.2, -0.15) is 0 Å². The first-order chi connectivity index (χ1) is 10.9. The molecule has 6 heteroatoms. The van der Waals surface area contributed by atoms with Gasteiger partial charge in [0.25, 0.3) is 11.6 Å². The molecule has 2 aromatic rings. The molecule has 1 aliphatic carbocycles. The molecule has 2 aromatic heterocycles. The van der Waals surface area contributed by atoms with E-state index < -0.39 is 0 Å². The van der Waals surface area contributed by atoms with E-state index in [9.17, 15) is 4.79 Å². The van der Waals surface area contributed by atoms with E-state index in [1.165, 1.54) is 0 Å². The van der Waals surface area contributed by atoms with Crippen LogP contribution in [0.3, 0.4) is 0 Å². The van der Waals surface area contributed by atoms with Crippen molar-refractivity contribution in [2.24, 2.45) is 11.3 Å². The number of hydrogen-bond acceptors (Lipinski definition) is 5. The first-order valence-corrected chi connectivity index (χ1v) is 8.05. The van der Waals surface area contributed by atoms with Crippen LogP contribution in [0.2, 0.25) is 0 Å². The SMILES string of the molecule is Cc1cc(C(=O)N[C@@H]2[C@@H]3CCO[C@@H]3C2(C)C)c2c(C)noc2n1. The molecule has 3 heterocycles. The monoisotopic (exact) mass is 315 g/mol. The molecule has 2 fully saturated rings. The summed E-state index contributed by atoms with van der Waals surface area (Å²) < 4.78 is 11.0. The normalized spacial score (nSPS) is 28.4. The first kappa shape index (κ1) is 14.6. The number of aryl methyl sites for hydroxylation is 2. The van der Waals surface area contributed by atoms with Crippen LogP contribution in [0.5, 0.6) is 0 Å². The van der Waals surface area contributed by atoms with Crippen LogP contribution in [0.4, 0.5) is 0 Å². The maximum atomic E-state index is 12.9. The smallest absolute Gasteiger partial charge is 0.258 e. The lowest BCUT2D eigenvalue weighted by Crippen LogP contribution is -2.66. The second-order valence-corrected chi connectivity index (χ2v) is 7.28. The summed E-state index contributed by atoms with van der Waals surface area (Å²) in [5.41, 5.74) is 2.40. The minimum absolute atomic E-state index is 0.0400. The van der Waals surface area contributed by atoms with E-state index in [-0.39, 0.29) is 23.5 Å². The Labute approximate surface area is 134 Å². The van der Waals surface area contributed by atoms with Crippen LogP contribution in [0.1, 0.15) is 42.0 Å². The molecule has 1 aliphatic heterocycles. The minimum atomic E-state index is -0.0878. The molecule has 1 N–H and O–H groups in total. The van der Waals surface area contributed by atoms with Crippen LogP contribution in [0.25, 0.3) is 11.1 Å². The zero-order valence-corrected chi connectivity index (χ0v) is 13.8. The van der Waals surface area contributed by atoms with Crippen molar-refractivity contribution < 1.29 is 14.1 Å². The average Bonchev–Trinajstić information content (AvgIpc) is 3.10. The number of rotatable bonds is 2. The highest BCUT2D eigenvalue weighted by atomic mass is 16.5. The van der Waals surface area contributed by atoms with Crippen molar-refractivity contribution in [3.8, 4) is 0 Å². The molecule has 0 unspecified atom stereocenters. The van der Waals surface area contributed by atoms with Gasteiger partial charge in [-0.15, -0.1) is 0 Å².